The minimum absolute atomic E-state index is 0.0238. The summed E-state index contributed by atoms with van der Waals surface area (Å²) in [5, 5.41) is 0. The molecule has 4 aliphatic carbocycles. The van der Waals surface area contributed by atoms with Gasteiger partial charge in [-0.05, 0) is 55.8 Å². The van der Waals surface area contributed by atoms with Crippen LogP contribution in [0.15, 0.2) is 0 Å². The summed E-state index contributed by atoms with van der Waals surface area (Å²) < 4.78 is 0. The molecule has 4 rings (SSSR count). The van der Waals surface area contributed by atoms with Gasteiger partial charge in [0.25, 0.3) is 0 Å². The molecule has 0 radical (unpaired) electrons. The standard InChI is InChI=1S/C21H28O4/c1-21(2,11-3-5-13-15(7-11)19(24)9-17(13)22)12-4-6-14-16(8-12)20(25)10-18(14)23/h11-16H,3-10H2,1-2H3. The summed E-state index contributed by atoms with van der Waals surface area (Å²) in [5.74, 6) is 1.30. The highest BCUT2D eigenvalue weighted by Crippen LogP contribution is 2.54. The summed E-state index contributed by atoms with van der Waals surface area (Å²) in [4.78, 5) is 48.3. The first-order valence-electron chi connectivity index (χ1n) is 9.90. The quantitative estimate of drug-likeness (QED) is 0.722. The first kappa shape index (κ1) is 17.1. The summed E-state index contributed by atoms with van der Waals surface area (Å²) in [7, 11) is 0. The van der Waals surface area contributed by atoms with Crippen LogP contribution >= 0.6 is 0 Å². The highest BCUT2D eigenvalue weighted by molar-refractivity contribution is 6.09. The van der Waals surface area contributed by atoms with Crippen LogP contribution in [0, 0.1) is 40.9 Å². The summed E-state index contributed by atoms with van der Waals surface area (Å²) in [6.45, 7) is 4.57. The predicted molar refractivity (Wildman–Crippen MR) is 91.7 cm³/mol. The van der Waals surface area contributed by atoms with E-state index in [1.54, 1.807) is 0 Å². The van der Waals surface area contributed by atoms with Crippen LogP contribution < -0.4 is 0 Å². The number of carbonyl (C=O) groups is 4. The third kappa shape index (κ3) is 2.63. The average Bonchev–Trinajstić information content (AvgIpc) is 3.03. The van der Waals surface area contributed by atoms with E-state index < -0.39 is 0 Å². The van der Waals surface area contributed by atoms with Crippen LogP contribution in [0.25, 0.3) is 0 Å². The van der Waals surface area contributed by atoms with Crippen molar-refractivity contribution in [2.24, 2.45) is 40.9 Å². The van der Waals surface area contributed by atoms with Gasteiger partial charge in [-0.25, -0.2) is 0 Å². The molecule has 4 nitrogen and oxygen atoms in total. The lowest BCUT2D eigenvalue weighted by Crippen LogP contribution is -2.42. The van der Waals surface area contributed by atoms with Crippen molar-refractivity contribution in [3.05, 3.63) is 0 Å². The van der Waals surface area contributed by atoms with Gasteiger partial charge in [-0.1, -0.05) is 13.8 Å². The van der Waals surface area contributed by atoms with Crippen molar-refractivity contribution in [3.63, 3.8) is 0 Å². The Hall–Kier alpha value is -1.32. The summed E-state index contributed by atoms with van der Waals surface area (Å²) in [5.41, 5.74) is 0.0494. The van der Waals surface area contributed by atoms with E-state index in [9.17, 15) is 19.2 Å². The zero-order valence-corrected chi connectivity index (χ0v) is 15.3. The van der Waals surface area contributed by atoms with E-state index in [0.29, 0.717) is 11.8 Å². The van der Waals surface area contributed by atoms with Gasteiger partial charge in [0.05, 0.1) is 12.8 Å². The van der Waals surface area contributed by atoms with Crippen molar-refractivity contribution >= 4 is 23.1 Å². The Morgan fingerprint density at radius 2 is 0.960 bits per heavy atom. The fourth-order valence-electron chi connectivity index (χ4n) is 6.38. The molecule has 4 saturated carbocycles. The molecule has 0 heterocycles. The maximum atomic E-state index is 12.2. The highest BCUT2D eigenvalue weighted by atomic mass is 16.2. The third-order valence-corrected chi connectivity index (χ3v) is 8.16. The Labute approximate surface area is 149 Å². The SMILES string of the molecule is CC(C)(C1CCC2C(=O)CC(=O)C2C1)C1CCC2C(=O)CC(=O)C2C1. The molecular formula is C21H28O4. The maximum Gasteiger partial charge on any atom is 0.144 e. The number of fused-ring (bicyclic) bond motifs is 2. The molecule has 6 unspecified atom stereocenters. The number of hydrogen-bond acceptors (Lipinski definition) is 4. The van der Waals surface area contributed by atoms with E-state index in [1.165, 1.54) is 0 Å². The number of hydrogen-bond donors (Lipinski definition) is 0. The maximum absolute atomic E-state index is 12.2. The van der Waals surface area contributed by atoms with Gasteiger partial charge < -0.3 is 0 Å². The minimum Gasteiger partial charge on any atom is -0.299 e. The second kappa shape index (κ2) is 5.85. The van der Waals surface area contributed by atoms with E-state index >= 15 is 0 Å². The van der Waals surface area contributed by atoms with Crippen LogP contribution in [0.2, 0.25) is 0 Å². The summed E-state index contributed by atoms with van der Waals surface area (Å²) >= 11 is 0. The molecule has 25 heavy (non-hydrogen) atoms. The Morgan fingerprint density at radius 3 is 1.36 bits per heavy atom. The van der Waals surface area contributed by atoms with Gasteiger partial charge in [0.15, 0.2) is 0 Å². The average molecular weight is 344 g/mol. The molecule has 0 aromatic carbocycles. The summed E-state index contributed by atoms with van der Waals surface area (Å²) in [6, 6.07) is 0. The Morgan fingerprint density at radius 1 is 0.600 bits per heavy atom. The predicted octanol–water partition coefficient (Wildman–Crippen LogP) is 3.16. The lowest BCUT2D eigenvalue weighted by Gasteiger charge is -2.48. The molecule has 136 valence electrons. The fourth-order valence-corrected chi connectivity index (χ4v) is 6.38. The van der Waals surface area contributed by atoms with Gasteiger partial charge in [-0.15, -0.1) is 0 Å². The van der Waals surface area contributed by atoms with E-state index in [-0.39, 0.29) is 65.1 Å². The number of rotatable bonds is 2. The first-order valence-corrected chi connectivity index (χ1v) is 9.90. The van der Waals surface area contributed by atoms with Crippen LogP contribution in [0.4, 0.5) is 0 Å². The molecule has 0 spiro atoms. The lowest BCUT2D eigenvalue weighted by molar-refractivity contribution is -0.125. The van der Waals surface area contributed by atoms with Crippen molar-refractivity contribution < 1.29 is 19.2 Å². The van der Waals surface area contributed by atoms with E-state index in [4.69, 9.17) is 0 Å². The van der Waals surface area contributed by atoms with Crippen LogP contribution in [0.5, 0.6) is 0 Å². The molecule has 0 N–H and O–H groups in total. The Kier molecular flexibility index (Phi) is 4.01. The molecule has 4 heteroatoms. The number of carbonyl (C=O) groups excluding carboxylic acids is 4. The molecule has 0 amide bonds. The third-order valence-electron chi connectivity index (χ3n) is 8.16. The van der Waals surface area contributed by atoms with Gasteiger partial charge in [-0.3, -0.25) is 19.2 Å². The smallest absolute Gasteiger partial charge is 0.144 e. The van der Waals surface area contributed by atoms with E-state index in [0.717, 1.165) is 38.5 Å². The normalized spacial score (nSPS) is 41.8. The molecule has 0 bridgehead atoms. The van der Waals surface area contributed by atoms with E-state index in [1.807, 2.05) is 0 Å². The molecule has 4 fully saturated rings. The fraction of sp³-hybridized carbons (Fsp3) is 0.810. The van der Waals surface area contributed by atoms with Crippen molar-refractivity contribution in [3.8, 4) is 0 Å². The second-order valence-corrected chi connectivity index (χ2v) is 9.49. The molecule has 0 aromatic rings. The van der Waals surface area contributed by atoms with Gasteiger partial charge in [0.1, 0.15) is 23.1 Å². The Balaban J connectivity index is 1.48. The minimum atomic E-state index is -0.0587. The molecule has 0 aromatic heterocycles. The topological polar surface area (TPSA) is 68.3 Å². The van der Waals surface area contributed by atoms with Gasteiger partial charge in [-0.2, -0.15) is 0 Å². The second-order valence-electron chi connectivity index (χ2n) is 9.49. The summed E-state index contributed by atoms with van der Waals surface area (Å²) in [6.07, 6.45) is 5.66. The lowest BCUT2D eigenvalue weighted by atomic mass is 9.56. The van der Waals surface area contributed by atoms with Crippen molar-refractivity contribution in [2.45, 2.75) is 65.2 Å². The van der Waals surface area contributed by atoms with Crippen molar-refractivity contribution in [2.75, 3.05) is 0 Å². The Bertz CT molecular complexity index is 592. The molecule has 6 atom stereocenters. The van der Waals surface area contributed by atoms with Crippen LogP contribution in [-0.2, 0) is 19.2 Å². The van der Waals surface area contributed by atoms with Crippen molar-refractivity contribution in [1.29, 1.82) is 0 Å². The highest BCUT2D eigenvalue weighted by Gasteiger charge is 2.52. The molecule has 0 saturated heterocycles. The zero-order chi connectivity index (χ0) is 17.9. The van der Waals surface area contributed by atoms with Crippen LogP contribution in [-0.4, -0.2) is 23.1 Å². The van der Waals surface area contributed by atoms with Crippen molar-refractivity contribution in [1.82, 2.24) is 0 Å². The monoisotopic (exact) mass is 344 g/mol. The number of ketones is 4. The largest absolute Gasteiger partial charge is 0.299 e. The van der Waals surface area contributed by atoms with Gasteiger partial charge >= 0.3 is 0 Å². The zero-order valence-electron chi connectivity index (χ0n) is 15.3. The van der Waals surface area contributed by atoms with E-state index in [2.05, 4.69) is 13.8 Å². The van der Waals surface area contributed by atoms with Crippen LogP contribution in [0.3, 0.4) is 0 Å². The number of Topliss-reactive ketones (excluding diaryl/α,β-unsaturated/α-hetero) is 4. The van der Waals surface area contributed by atoms with Crippen LogP contribution in [0.1, 0.15) is 65.2 Å². The molecular weight excluding hydrogens is 316 g/mol. The van der Waals surface area contributed by atoms with Gasteiger partial charge in [0.2, 0.25) is 0 Å². The first-order chi connectivity index (χ1) is 11.8. The molecule has 0 aliphatic heterocycles. The molecule has 4 aliphatic rings. The van der Waals surface area contributed by atoms with Gasteiger partial charge in [0, 0.05) is 23.7 Å².